The van der Waals surface area contributed by atoms with Gasteiger partial charge in [0.1, 0.15) is 10.6 Å². The maximum atomic E-state index is 12.4. The van der Waals surface area contributed by atoms with E-state index in [1.165, 1.54) is 19.2 Å². The number of carbonyl (C=O) groups is 1. The molecule has 2 aromatic carbocycles. The number of ether oxygens (including phenoxy) is 1. The summed E-state index contributed by atoms with van der Waals surface area (Å²) in [6.07, 6.45) is 0. The summed E-state index contributed by atoms with van der Waals surface area (Å²) in [7, 11) is 2.81. The smallest absolute Gasteiger partial charge is 0.264 e. The lowest BCUT2D eigenvalue weighted by atomic mass is 10.1. The van der Waals surface area contributed by atoms with E-state index in [1.54, 1.807) is 17.0 Å². The Morgan fingerprint density at radius 1 is 1.18 bits per heavy atom. The number of methoxy groups -OCH3 is 1. The van der Waals surface area contributed by atoms with E-state index < -0.39 is 9.05 Å². The zero-order valence-electron chi connectivity index (χ0n) is 11.6. The summed E-state index contributed by atoms with van der Waals surface area (Å²) in [6.45, 7) is 0.436. The zero-order valence-corrected chi connectivity index (χ0v) is 13.2. The number of carbonyl (C=O) groups excluding carboxylic acids is 1. The van der Waals surface area contributed by atoms with Gasteiger partial charge in [-0.05, 0) is 23.8 Å². The minimum Gasteiger partial charge on any atom is -0.495 e. The molecule has 3 rings (SSSR count). The van der Waals surface area contributed by atoms with Crippen molar-refractivity contribution in [2.75, 3.05) is 12.0 Å². The van der Waals surface area contributed by atoms with Crippen LogP contribution in [0.4, 0.5) is 5.69 Å². The Balaban J connectivity index is 2.03. The Hall–Kier alpha value is -2.05. The van der Waals surface area contributed by atoms with Crippen molar-refractivity contribution in [2.45, 2.75) is 11.4 Å². The molecule has 0 bridgehead atoms. The minimum atomic E-state index is -3.91. The number of nitrogens with zero attached hydrogens (tertiary/aromatic N) is 1. The van der Waals surface area contributed by atoms with Crippen LogP contribution in [0.1, 0.15) is 15.9 Å². The maximum Gasteiger partial charge on any atom is 0.264 e. The summed E-state index contributed by atoms with van der Waals surface area (Å²) in [5.41, 5.74) is 2.14. The Kier molecular flexibility index (Phi) is 3.58. The molecule has 5 nitrogen and oxygen atoms in total. The van der Waals surface area contributed by atoms with Crippen LogP contribution in [0.25, 0.3) is 0 Å². The molecule has 22 heavy (non-hydrogen) atoms. The standard InChI is InChI=1S/C15H12ClNO4S/c1-21-13-8-11(6-7-14(13)22(16,19)20)17-9-10-4-2-3-5-12(10)15(17)18/h2-8H,9H2,1H3. The van der Waals surface area contributed by atoms with Gasteiger partial charge in [-0.1, -0.05) is 18.2 Å². The zero-order chi connectivity index (χ0) is 15.9. The molecule has 0 radical (unpaired) electrons. The van der Waals surface area contributed by atoms with E-state index in [4.69, 9.17) is 15.4 Å². The number of anilines is 1. The molecule has 1 aliphatic heterocycles. The van der Waals surface area contributed by atoms with Crippen LogP contribution in [0, 0.1) is 0 Å². The molecule has 114 valence electrons. The van der Waals surface area contributed by atoms with E-state index in [-0.39, 0.29) is 16.6 Å². The fourth-order valence-corrected chi connectivity index (χ4v) is 3.48. The van der Waals surface area contributed by atoms with Crippen LogP contribution in [0.15, 0.2) is 47.4 Å². The Morgan fingerprint density at radius 3 is 2.55 bits per heavy atom. The molecule has 0 aromatic heterocycles. The summed E-state index contributed by atoms with van der Waals surface area (Å²) >= 11 is 0. The van der Waals surface area contributed by atoms with E-state index in [0.717, 1.165) is 5.56 Å². The van der Waals surface area contributed by atoms with E-state index in [1.807, 2.05) is 18.2 Å². The topological polar surface area (TPSA) is 63.7 Å². The number of fused-ring (bicyclic) bond motifs is 1. The molecule has 0 unspecified atom stereocenters. The van der Waals surface area contributed by atoms with Gasteiger partial charge < -0.3 is 9.64 Å². The van der Waals surface area contributed by atoms with Gasteiger partial charge in [0.2, 0.25) is 0 Å². The third-order valence-electron chi connectivity index (χ3n) is 3.54. The van der Waals surface area contributed by atoms with E-state index in [0.29, 0.717) is 17.8 Å². The van der Waals surface area contributed by atoms with Gasteiger partial charge in [-0.25, -0.2) is 8.42 Å². The first kappa shape index (κ1) is 14.9. The quantitative estimate of drug-likeness (QED) is 0.808. The van der Waals surface area contributed by atoms with Crippen molar-refractivity contribution in [2.24, 2.45) is 0 Å². The van der Waals surface area contributed by atoms with Gasteiger partial charge in [0.15, 0.2) is 0 Å². The molecule has 1 amide bonds. The lowest BCUT2D eigenvalue weighted by Crippen LogP contribution is -2.23. The van der Waals surface area contributed by atoms with Crippen LogP contribution in [0.3, 0.4) is 0 Å². The summed E-state index contributed by atoms with van der Waals surface area (Å²) < 4.78 is 28.1. The molecular formula is C15H12ClNO4S. The minimum absolute atomic E-state index is 0.108. The Bertz CT molecular complexity index is 864. The number of benzene rings is 2. The van der Waals surface area contributed by atoms with Crippen LogP contribution in [0.2, 0.25) is 0 Å². The number of halogens is 1. The molecule has 0 atom stereocenters. The second kappa shape index (κ2) is 5.30. The first-order valence-corrected chi connectivity index (χ1v) is 8.75. The Labute approximate surface area is 132 Å². The first-order chi connectivity index (χ1) is 10.4. The highest BCUT2D eigenvalue weighted by Crippen LogP contribution is 2.34. The van der Waals surface area contributed by atoms with Crippen LogP contribution in [-0.4, -0.2) is 21.4 Å². The van der Waals surface area contributed by atoms with Gasteiger partial charge in [-0.15, -0.1) is 0 Å². The van der Waals surface area contributed by atoms with Gasteiger partial charge in [-0.3, -0.25) is 4.79 Å². The third-order valence-corrected chi connectivity index (χ3v) is 4.90. The maximum absolute atomic E-state index is 12.4. The molecule has 1 heterocycles. The first-order valence-electron chi connectivity index (χ1n) is 6.44. The van der Waals surface area contributed by atoms with Gasteiger partial charge in [0.05, 0.1) is 13.7 Å². The fourth-order valence-electron chi connectivity index (χ4n) is 2.49. The summed E-state index contributed by atoms with van der Waals surface area (Å²) in [5, 5.41) is 0. The van der Waals surface area contributed by atoms with Crippen molar-refractivity contribution in [3.8, 4) is 5.75 Å². The van der Waals surface area contributed by atoms with Crippen molar-refractivity contribution in [1.82, 2.24) is 0 Å². The molecule has 2 aromatic rings. The van der Waals surface area contributed by atoms with Gasteiger partial charge in [0, 0.05) is 28.0 Å². The van der Waals surface area contributed by atoms with Gasteiger partial charge in [0.25, 0.3) is 15.0 Å². The molecule has 0 spiro atoms. The highest BCUT2D eigenvalue weighted by molar-refractivity contribution is 8.13. The Morgan fingerprint density at radius 2 is 1.91 bits per heavy atom. The number of hydrogen-bond donors (Lipinski definition) is 0. The number of amides is 1. The van der Waals surface area contributed by atoms with Crippen molar-refractivity contribution in [3.05, 3.63) is 53.6 Å². The SMILES string of the molecule is COc1cc(N2Cc3ccccc3C2=O)ccc1S(=O)(=O)Cl. The molecular weight excluding hydrogens is 326 g/mol. The van der Waals surface area contributed by atoms with E-state index >= 15 is 0 Å². The highest BCUT2D eigenvalue weighted by Gasteiger charge is 2.29. The predicted octanol–water partition coefficient (Wildman–Crippen LogP) is 2.78. The molecule has 0 saturated carbocycles. The van der Waals surface area contributed by atoms with Crippen LogP contribution in [-0.2, 0) is 15.6 Å². The summed E-state index contributed by atoms with van der Waals surface area (Å²) in [6, 6.07) is 11.7. The van der Waals surface area contributed by atoms with Gasteiger partial charge in [-0.2, -0.15) is 0 Å². The van der Waals surface area contributed by atoms with Crippen LogP contribution in [0.5, 0.6) is 5.75 Å². The fraction of sp³-hybridized carbons (Fsp3) is 0.133. The molecule has 0 N–H and O–H groups in total. The number of rotatable bonds is 3. The third kappa shape index (κ3) is 2.44. The van der Waals surface area contributed by atoms with Crippen molar-refractivity contribution >= 4 is 31.3 Å². The average molecular weight is 338 g/mol. The summed E-state index contributed by atoms with van der Waals surface area (Å²) in [4.78, 5) is 13.9. The molecule has 7 heteroatoms. The normalized spacial score (nSPS) is 14.1. The van der Waals surface area contributed by atoms with E-state index in [9.17, 15) is 13.2 Å². The molecule has 1 aliphatic rings. The van der Waals surface area contributed by atoms with Crippen LogP contribution >= 0.6 is 10.7 Å². The highest BCUT2D eigenvalue weighted by atomic mass is 35.7. The largest absolute Gasteiger partial charge is 0.495 e. The number of hydrogen-bond acceptors (Lipinski definition) is 4. The predicted molar refractivity (Wildman–Crippen MR) is 83.0 cm³/mol. The lowest BCUT2D eigenvalue weighted by Gasteiger charge is -2.17. The lowest BCUT2D eigenvalue weighted by molar-refractivity contribution is 0.0996. The van der Waals surface area contributed by atoms with Crippen molar-refractivity contribution in [3.63, 3.8) is 0 Å². The van der Waals surface area contributed by atoms with Crippen LogP contribution < -0.4 is 9.64 Å². The monoisotopic (exact) mass is 337 g/mol. The molecule has 0 fully saturated rings. The second-order valence-electron chi connectivity index (χ2n) is 4.82. The van der Waals surface area contributed by atoms with Gasteiger partial charge >= 0.3 is 0 Å². The molecule has 0 saturated heterocycles. The van der Waals surface area contributed by atoms with Crippen molar-refractivity contribution in [1.29, 1.82) is 0 Å². The van der Waals surface area contributed by atoms with E-state index in [2.05, 4.69) is 0 Å². The summed E-state index contributed by atoms with van der Waals surface area (Å²) in [5.74, 6) is -0.0182. The average Bonchev–Trinajstić information content (AvgIpc) is 2.83. The molecule has 0 aliphatic carbocycles. The second-order valence-corrected chi connectivity index (χ2v) is 7.36. The van der Waals surface area contributed by atoms with Crippen molar-refractivity contribution < 1.29 is 17.9 Å².